The first-order valence-corrected chi connectivity index (χ1v) is 7.58. The molecule has 0 radical (unpaired) electrons. The predicted octanol–water partition coefficient (Wildman–Crippen LogP) is 4.48. The Morgan fingerprint density at radius 3 is 2.43 bits per heavy atom. The second-order valence-electron chi connectivity index (χ2n) is 5.04. The van der Waals surface area contributed by atoms with Gasteiger partial charge in [0.2, 0.25) is 0 Å². The normalized spacial score (nSPS) is 10.6. The molecule has 2 rings (SSSR count). The molecule has 0 saturated carbocycles. The fraction of sp³-hybridized carbons (Fsp3) is 0.333. The molecule has 2 aromatic carbocycles. The van der Waals surface area contributed by atoms with Crippen molar-refractivity contribution >= 4 is 11.4 Å². The van der Waals surface area contributed by atoms with E-state index in [0.717, 1.165) is 30.8 Å². The first-order valence-electron chi connectivity index (χ1n) is 7.58. The quantitative estimate of drug-likeness (QED) is 0.755. The topological polar surface area (TPSA) is 15.3 Å². The highest BCUT2D eigenvalue weighted by Crippen LogP contribution is 2.28. The zero-order valence-corrected chi connectivity index (χ0v) is 12.8. The van der Waals surface area contributed by atoms with Gasteiger partial charge < -0.3 is 10.2 Å². The molecule has 112 valence electrons. The lowest BCUT2D eigenvalue weighted by atomic mass is 10.1. The predicted molar refractivity (Wildman–Crippen MR) is 87.5 cm³/mol. The minimum absolute atomic E-state index is 0.170. The van der Waals surface area contributed by atoms with Gasteiger partial charge in [-0.1, -0.05) is 31.2 Å². The largest absolute Gasteiger partial charge is 0.339 e. The summed E-state index contributed by atoms with van der Waals surface area (Å²) >= 11 is 0. The van der Waals surface area contributed by atoms with Crippen LogP contribution in [0.3, 0.4) is 0 Å². The van der Waals surface area contributed by atoms with Gasteiger partial charge in [0, 0.05) is 18.8 Å². The van der Waals surface area contributed by atoms with Gasteiger partial charge in [-0.05, 0) is 49.7 Å². The van der Waals surface area contributed by atoms with Crippen molar-refractivity contribution in [3.8, 4) is 0 Å². The standard InChI is InChI=1S/C18H23FN2/c1-3-12-20-14-15-10-11-18(17(19)13-15)21(4-2)16-8-6-5-7-9-16/h5-11,13,20H,3-4,12,14H2,1-2H3. The van der Waals surface area contributed by atoms with E-state index < -0.39 is 0 Å². The first-order chi connectivity index (χ1) is 10.3. The molecular formula is C18H23FN2. The summed E-state index contributed by atoms with van der Waals surface area (Å²) < 4.78 is 14.4. The van der Waals surface area contributed by atoms with E-state index in [1.54, 1.807) is 6.07 Å². The molecule has 0 saturated heterocycles. The maximum atomic E-state index is 14.4. The number of anilines is 2. The van der Waals surface area contributed by atoms with Crippen LogP contribution in [0.25, 0.3) is 0 Å². The van der Waals surface area contributed by atoms with Crippen LogP contribution in [0.2, 0.25) is 0 Å². The van der Waals surface area contributed by atoms with Gasteiger partial charge in [-0.15, -0.1) is 0 Å². The highest BCUT2D eigenvalue weighted by molar-refractivity contribution is 5.63. The molecule has 0 heterocycles. The smallest absolute Gasteiger partial charge is 0.147 e. The van der Waals surface area contributed by atoms with E-state index in [4.69, 9.17) is 0 Å². The molecular weight excluding hydrogens is 263 g/mol. The molecule has 21 heavy (non-hydrogen) atoms. The number of para-hydroxylation sites is 1. The molecule has 0 spiro atoms. The first kappa shape index (κ1) is 15.5. The zero-order chi connectivity index (χ0) is 15.1. The van der Waals surface area contributed by atoms with Crippen molar-refractivity contribution in [3.05, 3.63) is 59.9 Å². The van der Waals surface area contributed by atoms with Crippen molar-refractivity contribution in [3.63, 3.8) is 0 Å². The van der Waals surface area contributed by atoms with Crippen molar-refractivity contribution in [1.29, 1.82) is 0 Å². The minimum Gasteiger partial charge on any atom is -0.339 e. The van der Waals surface area contributed by atoms with Crippen molar-refractivity contribution < 1.29 is 4.39 Å². The summed E-state index contributed by atoms with van der Waals surface area (Å²) in [6.45, 7) is 6.55. The van der Waals surface area contributed by atoms with Crippen LogP contribution in [-0.2, 0) is 6.54 Å². The Balaban J connectivity index is 2.19. The van der Waals surface area contributed by atoms with Crippen LogP contribution >= 0.6 is 0 Å². The van der Waals surface area contributed by atoms with Gasteiger partial charge in [-0.3, -0.25) is 0 Å². The van der Waals surface area contributed by atoms with Crippen LogP contribution < -0.4 is 10.2 Å². The second-order valence-corrected chi connectivity index (χ2v) is 5.04. The molecule has 3 heteroatoms. The summed E-state index contributed by atoms with van der Waals surface area (Å²) in [6.07, 6.45) is 1.08. The summed E-state index contributed by atoms with van der Waals surface area (Å²) in [5, 5.41) is 3.29. The van der Waals surface area contributed by atoms with Gasteiger partial charge in [0.15, 0.2) is 0 Å². The van der Waals surface area contributed by atoms with E-state index in [1.165, 1.54) is 0 Å². The van der Waals surface area contributed by atoms with Gasteiger partial charge in [0.25, 0.3) is 0 Å². The summed E-state index contributed by atoms with van der Waals surface area (Å²) in [7, 11) is 0. The summed E-state index contributed by atoms with van der Waals surface area (Å²) in [4.78, 5) is 1.98. The average molecular weight is 286 g/mol. The van der Waals surface area contributed by atoms with E-state index in [2.05, 4.69) is 12.2 Å². The number of benzene rings is 2. The third-order valence-corrected chi connectivity index (χ3v) is 3.44. The molecule has 0 aromatic heterocycles. The Morgan fingerprint density at radius 1 is 1.05 bits per heavy atom. The molecule has 2 nitrogen and oxygen atoms in total. The molecule has 0 atom stereocenters. The lowest BCUT2D eigenvalue weighted by molar-refractivity contribution is 0.617. The fourth-order valence-electron chi connectivity index (χ4n) is 2.39. The van der Waals surface area contributed by atoms with Crippen LogP contribution in [0.15, 0.2) is 48.5 Å². The van der Waals surface area contributed by atoms with E-state index in [0.29, 0.717) is 12.2 Å². The van der Waals surface area contributed by atoms with E-state index >= 15 is 0 Å². The molecule has 0 amide bonds. The van der Waals surface area contributed by atoms with Gasteiger partial charge in [-0.2, -0.15) is 0 Å². The minimum atomic E-state index is -0.170. The van der Waals surface area contributed by atoms with Crippen LogP contribution in [0, 0.1) is 5.82 Å². The Hall–Kier alpha value is -1.87. The van der Waals surface area contributed by atoms with Crippen molar-refractivity contribution in [1.82, 2.24) is 5.32 Å². The van der Waals surface area contributed by atoms with E-state index in [-0.39, 0.29) is 5.82 Å². The number of hydrogen-bond acceptors (Lipinski definition) is 2. The molecule has 0 bridgehead atoms. The Bertz CT molecular complexity index is 554. The highest BCUT2D eigenvalue weighted by Gasteiger charge is 2.12. The number of halogens is 1. The van der Waals surface area contributed by atoms with Gasteiger partial charge in [0.1, 0.15) is 5.82 Å². The maximum absolute atomic E-state index is 14.4. The Labute approximate surface area is 126 Å². The van der Waals surface area contributed by atoms with E-state index in [9.17, 15) is 4.39 Å². The number of rotatable bonds is 7. The molecule has 0 fully saturated rings. The molecule has 2 aromatic rings. The van der Waals surface area contributed by atoms with Gasteiger partial charge in [0.05, 0.1) is 5.69 Å². The van der Waals surface area contributed by atoms with E-state index in [1.807, 2.05) is 54.3 Å². The third kappa shape index (κ3) is 4.05. The molecule has 0 aliphatic rings. The zero-order valence-electron chi connectivity index (χ0n) is 12.8. The van der Waals surface area contributed by atoms with Gasteiger partial charge in [-0.25, -0.2) is 4.39 Å². The van der Waals surface area contributed by atoms with Crippen LogP contribution in [0.4, 0.5) is 15.8 Å². The molecule has 0 aliphatic carbocycles. The van der Waals surface area contributed by atoms with Crippen LogP contribution in [-0.4, -0.2) is 13.1 Å². The summed E-state index contributed by atoms with van der Waals surface area (Å²) in [5.41, 5.74) is 2.62. The molecule has 1 N–H and O–H groups in total. The van der Waals surface area contributed by atoms with Crippen molar-refractivity contribution in [2.24, 2.45) is 0 Å². The Morgan fingerprint density at radius 2 is 1.81 bits per heavy atom. The lowest BCUT2D eigenvalue weighted by Crippen LogP contribution is -2.18. The second kappa shape index (κ2) is 7.79. The van der Waals surface area contributed by atoms with Crippen LogP contribution in [0.5, 0.6) is 0 Å². The summed E-state index contributed by atoms with van der Waals surface area (Å²) in [5.74, 6) is -0.170. The molecule has 0 aliphatic heterocycles. The maximum Gasteiger partial charge on any atom is 0.147 e. The number of nitrogens with zero attached hydrogens (tertiary/aromatic N) is 1. The monoisotopic (exact) mass is 286 g/mol. The van der Waals surface area contributed by atoms with Crippen LogP contribution in [0.1, 0.15) is 25.8 Å². The molecule has 0 unspecified atom stereocenters. The number of hydrogen-bond donors (Lipinski definition) is 1. The SMILES string of the molecule is CCCNCc1ccc(N(CC)c2ccccc2)c(F)c1. The van der Waals surface area contributed by atoms with Gasteiger partial charge >= 0.3 is 0 Å². The number of nitrogens with one attached hydrogen (secondary N) is 1. The third-order valence-electron chi connectivity index (χ3n) is 3.44. The van der Waals surface area contributed by atoms with Crippen molar-refractivity contribution in [2.75, 3.05) is 18.0 Å². The fourth-order valence-corrected chi connectivity index (χ4v) is 2.39. The average Bonchev–Trinajstić information content (AvgIpc) is 2.51. The highest BCUT2D eigenvalue weighted by atomic mass is 19.1. The summed E-state index contributed by atoms with van der Waals surface area (Å²) in [6, 6.07) is 15.4. The van der Waals surface area contributed by atoms with Crippen molar-refractivity contribution in [2.45, 2.75) is 26.8 Å². The Kier molecular flexibility index (Phi) is 5.76. The lowest BCUT2D eigenvalue weighted by Gasteiger charge is -2.24.